The molecule has 2 amide bonds. The summed E-state index contributed by atoms with van der Waals surface area (Å²) < 4.78 is 0. The highest BCUT2D eigenvalue weighted by Gasteiger charge is 2.28. The van der Waals surface area contributed by atoms with Crippen molar-refractivity contribution in [3.63, 3.8) is 0 Å². The number of rotatable bonds is 6. The fraction of sp³-hybridized carbons (Fsp3) is 0.450. The summed E-state index contributed by atoms with van der Waals surface area (Å²) in [5.74, 6) is -0.294. The van der Waals surface area contributed by atoms with Gasteiger partial charge in [0.15, 0.2) is 5.13 Å². The number of hydrogen-bond acceptors (Lipinski definition) is 4. The number of nitrogens with zero attached hydrogens (tertiary/aromatic N) is 2. The average molecular weight is 388 g/mol. The number of benzene rings is 1. The second-order valence-corrected chi connectivity index (χ2v) is 7.92. The van der Waals surface area contributed by atoms with Gasteiger partial charge in [0.2, 0.25) is 11.8 Å². The van der Waals surface area contributed by atoms with Crippen LogP contribution in [0, 0.1) is 5.92 Å². The minimum Gasteiger partial charge on any atom is -0.369 e. The summed E-state index contributed by atoms with van der Waals surface area (Å²) in [6.45, 7) is 6.19. The quantitative estimate of drug-likeness (QED) is 0.791. The highest BCUT2D eigenvalue weighted by molar-refractivity contribution is 7.14. The number of carbonyl (C=O) groups excluding carboxylic acids is 2. The van der Waals surface area contributed by atoms with Crippen LogP contribution in [0.2, 0.25) is 0 Å². The number of quaternary nitrogens is 1. The van der Waals surface area contributed by atoms with Gasteiger partial charge in [0.25, 0.3) is 0 Å². The van der Waals surface area contributed by atoms with Crippen molar-refractivity contribution in [2.24, 2.45) is 11.7 Å². The number of hydrogen-bond donors (Lipinski definition) is 2. The third-order valence-corrected chi connectivity index (χ3v) is 5.99. The van der Waals surface area contributed by atoms with Gasteiger partial charge in [-0.15, -0.1) is 11.3 Å². The molecule has 1 unspecified atom stereocenters. The Morgan fingerprint density at radius 2 is 2.15 bits per heavy atom. The fourth-order valence-corrected chi connectivity index (χ4v) is 4.61. The van der Waals surface area contributed by atoms with E-state index in [4.69, 9.17) is 10.7 Å². The maximum absolute atomic E-state index is 12.4. The number of amides is 2. The Balaban J connectivity index is 1.78. The maximum atomic E-state index is 12.4. The van der Waals surface area contributed by atoms with Crippen molar-refractivity contribution in [1.29, 1.82) is 0 Å². The lowest BCUT2D eigenvalue weighted by Crippen LogP contribution is -3.12. The van der Waals surface area contributed by atoms with Gasteiger partial charge in [-0.1, -0.05) is 25.1 Å². The van der Waals surface area contributed by atoms with E-state index in [1.165, 1.54) is 16.2 Å². The van der Waals surface area contributed by atoms with Gasteiger partial charge < -0.3 is 10.6 Å². The summed E-state index contributed by atoms with van der Waals surface area (Å²) in [4.78, 5) is 31.6. The van der Waals surface area contributed by atoms with Crippen molar-refractivity contribution in [1.82, 2.24) is 4.98 Å². The summed E-state index contributed by atoms with van der Waals surface area (Å²) in [6, 6.07) is 7.94. The Labute approximate surface area is 164 Å². The number of primary amides is 1. The van der Waals surface area contributed by atoms with Crippen molar-refractivity contribution in [3.8, 4) is 0 Å². The van der Waals surface area contributed by atoms with Crippen molar-refractivity contribution in [3.05, 3.63) is 40.9 Å². The van der Waals surface area contributed by atoms with E-state index in [0.29, 0.717) is 5.13 Å². The molecule has 0 bridgehead atoms. The summed E-state index contributed by atoms with van der Waals surface area (Å²) in [6.07, 6.45) is 2.74. The molecule has 1 saturated heterocycles. The molecule has 0 saturated carbocycles. The van der Waals surface area contributed by atoms with Crippen LogP contribution < -0.4 is 15.5 Å². The highest BCUT2D eigenvalue weighted by atomic mass is 32.1. The van der Waals surface area contributed by atoms with Crippen LogP contribution in [0.15, 0.2) is 29.6 Å². The zero-order valence-electron chi connectivity index (χ0n) is 15.9. The van der Waals surface area contributed by atoms with Gasteiger partial charge in [0, 0.05) is 12.3 Å². The molecule has 7 heteroatoms. The Morgan fingerprint density at radius 3 is 2.85 bits per heavy atom. The van der Waals surface area contributed by atoms with Gasteiger partial charge >= 0.3 is 0 Å². The minimum atomic E-state index is -0.204. The lowest BCUT2D eigenvalue weighted by molar-refractivity contribution is -0.921. The summed E-state index contributed by atoms with van der Waals surface area (Å²) in [5.41, 5.74) is 8.45. The van der Waals surface area contributed by atoms with Crippen LogP contribution in [0.3, 0.4) is 0 Å². The van der Waals surface area contributed by atoms with E-state index >= 15 is 0 Å². The molecular formula is C20H27N4O2S+. The molecule has 0 radical (unpaired) electrons. The normalized spacial score (nSPS) is 19.6. The molecule has 1 aliphatic rings. The molecule has 27 heavy (non-hydrogen) atoms. The second kappa shape index (κ2) is 8.63. The standard InChI is InChI=1S/C20H26N4O2S/c1-3-15-7-4-5-9-18(15)24(14(2)25)20-22-17(13-27-20)12-23-10-6-8-16(11-23)19(21)26/h4-5,7,9,13,16H,3,6,8,10-12H2,1-2H3,(H2,21,26)/p+1/t16-/m1/s1. The van der Waals surface area contributed by atoms with Crippen molar-refractivity contribution >= 4 is 34.0 Å². The lowest BCUT2D eigenvalue weighted by atomic mass is 9.97. The lowest BCUT2D eigenvalue weighted by Gasteiger charge is -2.27. The molecule has 0 spiro atoms. The monoisotopic (exact) mass is 387 g/mol. The molecule has 2 heterocycles. The topological polar surface area (TPSA) is 80.7 Å². The van der Waals surface area contributed by atoms with E-state index in [0.717, 1.165) is 55.8 Å². The molecule has 6 nitrogen and oxygen atoms in total. The van der Waals surface area contributed by atoms with Crippen LogP contribution in [-0.2, 0) is 22.6 Å². The third-order valence-electron chi connectivity index (χ3n) is 5.11. The molecule has 1 aromatic carbocycles. The van der Waals surface area contributed by atoms with Gasteiger partial charge in [0.1, 0.15) is 12.2 Å². The first-order valence-corrected chi connectivity index (χ1v) is 10.3. The van der Waals surface area contributed by atoms with Crippen LogP contribution >= 0.6 is 11.3 Å². The van der Waals surface area contributed by atoms with Crippen LogP contribution in [0.5, 0.6) is 0 Å². The SMILES string of the molecule is CCc1ccccc1N(C(C)=O)c1nc(C[NH+]2CCC[C@@H](C(N)=O)C2)cs1. The van der Waals surface area contributed by atoms with Crippen molar-refractivity contribution in [2.75, 3.05) is 18.0 Å². The van der Waals surface area contributed by atoms with Crippen molar-refractivity contribution in [2.45, 2.75) is 39.7 Å². The van der Waals surface area contributed by atoms with Gasteiger partial charge in [0.05, 0.1) is 24.7 Å². The fourth-order valence-electron chi connectivity index (χ4n) is 3.73. The van der Waals surface area contributed by atoms with Gasteiger partial charge in [-0.25, -0.2) is 4.98 Å². The Bertz CT molecular complexity index is 820. The van der Waals surface area contributed by atoms with E-state index in [1.807, 2.05) is 29.6 Å². The van der Waals surface area contributed by atoms with Crippen LogP contribution in [0.1, 0.15) is 37.9 Å². The summed E-state index contributed by atoms with van der Waals surface area (Å²) in [5, 5.41) is 2.71. The minimum absolute atomic E-state index is 0.0444. The number of piperidine rings is 1. The van der Waals surface area contributed by atoms with Gasteiger partial charge in [-0.2, -0.15) is 0 Å². The van der Waals surface area contributed by atoms with E-state index in [9.17, 15) is 9.59 Å². The number of thiazole rings is 1. The second-order valence-electron chi connectivity index (χ2n) is 7.08. The van der Waals surface area contributed by atoms with E-state index in [1.54, 1.807) is 11.8 Å². The van der Waals surface area contributed by atoms with E-state index < -0.39 is 0 Å². The van der Waals surface area contributed by atoms with Crippen LogP contribution in [0.25, 0.3) is 0 Å². The van der Waals surface area contributed by atoms with Gasteiger partial charge in [-0.3, -0.25) is 14.5 Å². The summed E-state index contributed by atoms with van der Waals surface area (Å²) in [7, 11) is 0. The van der Waals surface area contributed by atoms with Crippen LogP contribution in [0.4, 0.5) is 10.8 Å². The number of likely N-dealkylation sites (tertiary alicyclic amines) is 1. The molecule has 1 aromatic heterocycles. The Morgan fingerprint density at radius 1 is 1.37 bits per heavy atom. The Hall–Kier alpha value is -2.25. The third kappa shape index (κ3) is 4.54. The number of aromatic nitrogens is 1. The molecule has 1 fully saturated rings. The number of anilines is 2. The van der Waals surface area contributed by atoms with Crippen molar-refractivity contribution < 1.29 is 14.5 Å². The first-order valence-electron chi connectivity index (χ1n) is 9.45. The first kappa shape index (κ1) is 19.5. The summed E-state index contributed by atoms with van der Waals surface area (Å²) >= 11 is 1.48. The van der Waals surface area contributed by atoms with E-state index in [-0.39, 0.29) is 17.7 Å². The first-order chi connectivity index (χ1) is 13.0. The molecule has 144 valence electrons. The predicted octanol–water partition coefficient (Wildman–Crippen LogP) is 1.67. The number of nitrogens with two attached hydrogens (primary N) is 1. The van der Waals surface area contributed by atoms with Crippen LogP contribution in [-0.4, -0.2) is 29.9 Å². The molecule has 3 N–H and O–H groups in total. The number of carbonyl (C=O) groups is 2. The number of aryl methyl sites for hydroxylation is 1. The molecule has 1 aliphatic heterocycles. The predicted molar refractivity (Wildman–Crippen MR) is 107 cm³/mol. The molecule has 3 rings (SSSR count). The maximum Gasteiger partial charge on any atom is 0.230 e. The zero-order chi connectivity index (χ0) is 19.4. The average Bonchev–Trinajstić information content (AvgIpc) is 3.10. The van der Waals surface area contributed by atoms with E-state index in [2.05, 4.69) is 6.92 Å². The largest absolute Gasteiger partial charge is 0.369 e. The molecule has 2 atom stereocenters. The Kier molecular flexibility index (Phi) is 6.23. The molecule has 2 aromatic rings. The smallest absolute Gasteiger partial charge is 0.230 e. The molecular weight excluding hydrogens is 360 g/mol. The number of para-hydroxylation sites is 1. The van der Waals surface area contributed by atoms with Gasteiger partial charge in [-0.05, 0) is 30.9 Å². The highest BCUT2D eigenvalue weighted by Crippen LogP contribution is 2.31. The zero-order valence-corrected chi connectivity index (χ0v) is 16.7. The molecule has 0 aliphatic carbocycles. The number of nitrogens with one attached hydrogen (secondary N) is 1.